The van der Waals surface area contributed by atoms with Gasteiger partial charge in [0.05, 0.1) is 0 Å². The molecule has 0 nitrogen and oxygen atoms in total. The molecular formula is C9H11F3. The second-order valence-electron chi connectivity index (χ2n) is 2.30. The van der Waals surface area contributed by atoms with Gasteiger partial charge in [-0.2, -0.15) is 13.2 Å². The van der Waals surface area contributed by atoms with Crippen LogP contribution < -0.4 is 0 Å². The van der Waals surface area contributed by atoms with Gasteiger partial charge >= 0.3 is 6.18 Å². The molecule has 0 heterocycles. The van der Waals surface area contributed by atoms with Crippen LogP contribution in [-0.4, -0.2) is 6.18 Å². The molecule has 0 aromatic carbocycles. The first-order chi connectivity index (χ1) is 5.41. The van der Waals surface area contributed by atoms with Crippen LogP contribution in [0.5, 0.6) is 0 Å². The maximum absolute atomic E-state index is 11.9. The minimum atomic E-state index is -4.33. The summed E-state index contributed by atoms with van der Waals surface area (Å²) in [7, 11) is 0. The van der Waals surface area contributed by atoms with Crippen molar-refractivity contribution in [2.75, 3.05) is 0 Å². The summed E-state index contributed by atoms with van der Waals surface area (Å²) in [5.41, 5.74) is -0.295. The van der Waals surface area contributed by atoms with Crippen molar-refractivity contribution in [1.29, 1.82) is 0 Å². The van der Waals surface area contributed by atoms with E-state index in [1.807, 2.05) is 0 Å². The highest BCUT2D eigenvalue weighted by molar-refractivity contribution is 5.29. The minimum Gasteiger partial charge on any atom is -0.166 e. The van der Waals surface area contributed by atoms with Crippen molar-refractivity contribution in [3.63, 3.8) is 0 Å². The molecule has 0 spiro atoms. The highest BCUT2D eigenvalue weighted by Gasteiger charge is 2.30. The molecule has 0 bridgehead atoms. The van der Waals surface area contributed by atoms with Crippen molar-refractivity contribution in [2.24, 2.45) is 0 Å². The minimum absolute atomic E-state index is 0.526. The second-order valence-corrected chi connectivity index (χ2v) is 2.30. The van der Waals surface area contributed by atoms with Gasteiger partial charge in [0.15, 0.2) is 0 Å². The predicted octanol–water partition coefficient (Wildman–Crippen LogP) is 3.63. The Morgan fingerprint density at radius 1 is 1.42 bits per heavy atom. The lowest BCUT2D eigenvalue weighted by atomic mass is 10.1. The van der Waals surface area contributed by atoms with E-state index in [1.165, 1.54) is 6.08 Å². The maximum atomic E-state index is 11.9. The lowest BCUT2D eigenvalue weighted by molar-refractivity contribution is -0.0878. The van der Waals surface area contributed by atoms with Crippen LogP contribution in [0, 0.1) is 0 Å². The third-order valence-electron chi connectivity index (χ3n) is 1.39. The summed E-state index contributed by atoms with van der Waals surface area (Å²) in [4.78, 5) is 0. The molecule has 0 amide bonds. The lowest BCUT2D eigenvalue weighted by Crippen LogP contribution is -2.08. The van der Waals surface area contributed by atoms with E-state index in [-0.39, 0.29) is 0 Å². The van der Waals surface area contributed by atoms with E-state index in [9.17, 15) is 13.2 Å². The summed E-state index contributed by atoms with van der Waals surface area (Å²) in [6, 6.07) is 0. The highest BCUT2D eigenvalue weighted by atomic mass is 19.4. The van der Waals surface area contributed by atoms with Crippen molar-refractivity contribution >= 4 is 0 Å². The van der Waals surface area contributed by atoms with Crippen LogP contribution in [0.25, 0.3) is 0 Å². The Morgan fingerprint density at radius 3 is 2.17 bits per heavy atom. The standard InChI is InChI=1S/C9H11F3/c1-4-8(5-2)6-7(3)9(10,11)12/h4,6H,1,3,5H2,2H3/b8-6+. The molecule has 0 aromatic rings. The Balaban J connectivity index is 4.53. The van der Waals surface area contributed by atoms with Gasteiger partial charge in [-0.15, -0.1) is 0 Å². The van der Waals surface area contributed by atoms with E-state index in [2.05, 4.69) is 13.2 Å². The van der Waals surface area contributed by atoms with Gasteiger partial charge in [0.1, 0.15) is 0 Å². The normalized spacial score (nSPS) is 12.8. The summed E-state index contributed by atoms with van der Waals surface area (Å²) < 4.78 is 35.7. The van der Waals surface area contributed by atoms with Gasteiger partial charge in [-0.25, -0.2) is 0 Å². The SMILES string of the molecule is C=C/C(=C\C(=C)C(F)(F)F)CC. The summed E-state index contributed by atoms with van der Waals surface area (Å²) in [5, 5.41) is 0. The van der Waals surface area contributed by atoms with Gasteiger partial charge in [-0.3, -0.25) is 0 Å². The van der Waals surface area contributed by atoms with Crippen molar-refractivity contribution in [1.82, 2.24) is 0 Å². The molecule has 0 fully saturated rings. The number of rotatable bonds is 3. The predicted molar refractivity (Wildman–Crippen MR) is 43.8 cm³/mol. The van der Waals surface area contributed by atoms with Gasteiger partial charge in [0.2, 0.25) is 0 Å². The van der Waals surface area contributed by atoms with E-state index in [1.54, 1.807) is 6.92 Å². The Bertz CT molecular complexity index is 208. The van der Waals surface area contributed by atoms with Crippen molar-refractivity contribution in [2.45, 2.75) is 19.5 Å². The zero-order valence-electron chi connectivity index (χ0n) is 6.91. The topological polar surface area (TPSA) is 0 Å². The molecule has 0 aromatic heterocycles. The Hall–Kier alpha value is -0.990. The Morgan fingerprint density at radius 2 is 1.92 bits per heavy atom. The molecule has 0 aliphatic heterocycles. The van der Waals surface area contributed by atoms with E-state index in [0.29, 0.717) is 12.0 Å². The second kappa shape index (κ2) is 4.14. The zero-order chi connectivity index (χ0) is 9.78. The molecule has 0 saturated carbocycles. The average Bonchev–Trinajstić information content (AvgIpc) is 1.97. The average molecular weight is 176 g/mol. The molecule has 0 N–H and O–H groups in total. The summed E-state index contributed by atoms with van der Waals surface area (Å²) >= 11 is 0. The molecule has 12 heavy (non-hydrogen) atoms. The number of hydrogen-bond donors (Lipinski definition) is 0. The quantitative estimate of drug-likeness (QED) is 0.576. The van der Waals surface area contributed by atoms with E-state index >= 15 is 0 Å². The maximum Gasteiger partial charge on any atom is 0.415 e. The molecule has 3 heteroatoms. The molecule has 0 radical (unpaired) electrons. The van der Waals surface area contributed by atoms with E-state index in [4.69, 9.17) is 0 Å². The van der Waals surface area contributed by atoms with E-state index < -0.39 is 11.7 Å². The molecule has 0 aliphatic rings. The van der Waals surface area contributed by atoms with Crippen LogP contribution in [0.15, 0.2) is 36.5 Å². The first kappa shape index (κ1) is 11.0. The van der Waals surface area contributed by atoms with E-state index in [0.717, 1.165) is 6.08 Å². The Kier molecular flexibility index (Phi) is 3.80. The fraction of sp³-hybridized carbons (Fsp3) is 0.333. The molecule has 0 unspecified atom stereocenters. The highest BCUT2D eigenvalue weighted by Crippen LogP contribution is 2.26. The molecule has 0 saturated heterocycles. The van der Waals surface area contributed by atoms with Crippen molar-refractivity contribution in [3.05, 3.63) is 36.5 Å². The van der Waals surface area contributed by atoms with Gasteiger partial charge < -0.3 is 0 Å². The number of allylic oxidation sites excluding steroid dienone is 4. The summed E-state index contributed by atoms with van der Waals surface area (Å²) in [6.07, 6.45) is -1.40. The van der Waals surface area contributed by atoms with Crippen LogP contribution in [0.1, 0.15) is 13.3 Å². The third-order valence-corrected chi connectivity index (χ3v) is 1.39. The molecule has 0 atom stereocenters. The lowest BCUT2D eigenvalue weighted by Gasteiger charge is -2.06. The third kappa shape index (κ3) is 3.42. The molecule has 0 aliphatic carbocycles. The monoisotopic (exact) mass is 176 g/mol. The molecular weight excluding hydrogens is 165 g/mol. The summed E-state index contributed by atoms with van der Waals surface area (Å²) in [5.74, 6) is 0. The molecule has 0 rings (SSSR count). The zero-order valence-corrected chi connectivity index (χ0v) is 6.91. The fourth-order valence-electron chi connectivity index (χ4n) is 0.611. The summed E-state index contributed by atoms with van der Waals surface area (Å²) in [6.45, 7) is 8.06. The van der Waals surface area contributed by atoms with Crippen LogP contribution in [0.4, 0.5) is 13.2 Å². The van der Waals surface area contributed by atoms with Gasteiger partial charge in [-0.05, 0) is 18.1 Å². The van der Waals surface area contributed by atoms with Crippen LogP contribution in [0.3, 0.4) is 0 Å². The molecule has 68 valence electrons. The fourth-order valence-corrected chi connectivity index (χ4v) is 0.611. The largest absolute Gasteiger partial charge is 0.415 e. The first-order valence-corrected chi connectivity index (χ1v) is 3.51. The van der Waals surface area contributed by atoms with Crippen molar-refractivity contribution in [3.8, 4) is 0 Å². The van der Waals surface area contributed by atoms with Gasteiger partial charge in [0, 0.05) is 5.57 Å². The van der Waals surface area contributed by atoms with Crippen LogP contribution in [-0.2, 0) is 0 Å². The number of halogens is 3. The van der Waals surface area contributed by atoms with Gasteiger partial charge in [-0.1, -0.05) is 26.2 Å². The first-order valence-electron chi connectivity index (χ1n) is 3.51. The number of hydrogen-bond acceptors (Lipinski definition) is 0. The van der Waals surface area contributed by atoms with Crippen molar-refractivity contribution < 1.29 is 13.2 Å². The van der Waals surface area contributed by atoms with Crippen LogP contribution >= 0.6 is 0 Å². The Labute approximate surface area is 70.1 Å². The van der Waals surface area contributed by atoms with Gasteiger partial charge in [0.25, 0.3) is 0 Å². The smallest absolute Gasteiger partial charge is 0.166 e. The number of alkyl halides is 3. The van der Waals surface area contributed by atoms with Crippen LogP contribution in [0.2, 0.25) is 0 Å².